The largest absolute Gasteiger partial charge is 0.372 e. The Bertz CT molecular complexity index is 228. The lowest BCUT2D eigenvalue weighted by Crippen LogP contribution is -2.28. The second-order valence-electron chi connectivity index (χ2n) is 6.80. The standard InChI is InChI=1S/C21H44N2/c1-4-7-10-12-14-16-19-22-21(18-9-6-3)23-20-17-15-13-11-8-5-2/h18,22-23H,4-17,19-20H2,1-3H3. The minimum Gasteiger partial charge on any atom is -0.372 e. The summed E-state index contributed by atoms with van der Waals surface area (Å²) in [6.45, 7) is 9.04. The molecule has 2 heteroatoms. The van der Waals surface area contributed by atoms with Gasteiger partial charge in [0.1, 0.15) is 0 Å². The summed E-state index contributed by atoms with van der Waals surface area (Å²) in [7, 11) is 0. The first-order chi connectivity index (χ1) is 11.3. The molecule has 0 fully saturated rings. The van der Waals surface area contributed by atoms with Gasteiger partial charge in [-0.05, 0) is 25.3 Å². The van der Waals surface area contributed by atoms with Crippen molar-refractivity contribution in [1.82, 2.24) is 10.6 Å². The zero-order valence-electron chi connectivity index (χ0n) is 16.4. The van der Waals surface area contributed by atoms with Crippen LogP contribution in [0, 0.1) is 0 Å². The highest BCUT2D eigenvalue weighted by atomic mass is 15.1. The van der Waals surface area contributed by atoms with Gasteiger partial charge in [0.25, 0.3) is 0 Å². The third kappa shape index (κ3) is 17.5. The maximum atomic E-state index is 3.61. The third-order valence-corrected chi connectivity index (χ3v) is 4.33. The van der Waals surface area contributed by atoms with Gasteiger partial charge >= 0.3 is 0 Å². The second kappa shape index (κ2) is 19.4. The SMILES string of the molecule is CCCC=C(NCCCCCCCC)NCCCCCCCC. The van der Waals surface area contributed by atoms with E-state index in [1.54, 1.807) is 0 Å². The summed E-state index contributed by atoms with van der Waals surface area (Å²) in [5.74, 6) is 1.27. The smallest absolute Gasteiger partial charge is 0.0945 e. The normalized spacial score (nSPS) is 10.6. The molecule has 0 heterocycles. The van der Waals surface area contributed by atoms with Crippen LogP contribution in [0.3, 0.4) is 0 Å². The van der Waals surface area contributed by atoms with E-state index in [4.69, 9.17) is 0 Å². The van der Waals surface area contributed by atoms with E-state index in [2.05, 4.69) is 37.5 Å². The molecule has 0 aliphatic rings. The summed E-state index contributed by atoms with van der Waals surface area (Å²) in [5.41, 5.74) is 0. The number of allylic oxidation sites excluding steroid dienone is 1. The van der Waals surface area contributed by atoms with Crippen LogP contribution in [-0.2, 0) is 0 Å². The van der Waals surface area contributed by atoms with Crippen molar-refractivity contribution < 1.29 is 0 Å². The fourth-order valence-corrected chi connectivity index (χ4v) is 2.75. The van der Waals surface area contributed by atoms with Crippen LogP contribution in [0.2, 0.25) is 0 Å². The van der Waals surface area contributed by atoms with Gasteiger partial charge in [0.05, 0.1) is 5.82 Å². The minimum absolute atomic E-state index is 1.12. The molecule has 0 spiro atoms. The summed E-state index contributed by atoms with van der Waals surface area (Å²) in [6, 6.07) is 0. The molecule has 0 rings (SSSR count). The molecule has 2 N–H and O–H groups in total. The molecule has 0 aromatic carbocycles. The van der Waals surface area contributed by atoms with Crippen molar-refractivity contribution in [2.24, 2.45) is 0 Å². The molecule has 23 heavy (non-hydrogen) atoms. The Morgan fingerprint density at radius 3 is 1.43 bits per heavy atom. The maximum Gasteiger partial charge on any atom is 0.0945 e. The highest BCUT2D eigenvalue weighted by Crippen LogP contribution is 2.06. The molecule has 0 saturated heterocycles. The summed E-state index contributed by atoms with van der Waals surface area (Å²) in [6.07, 6.45) is 21.1. The van der Waals surface area contributed by atoms with Crippen LogP contribution in [0.15, 0.2) is 11.9 Å². The third-order valence-electron chi connectivity index (χ3n) is 4.33. The van der Waals surface area contributed by atoms with E-state index in [1.807, 2.05) is 0 Å². The zero-order chi connectivity index (χ0) is 17.0. The van der Waals surface area contributed by atoms with Gasteiger partial charge in [-0.3, -0.25) is 0 Å². The molecular formula is C21H44N2. The molecule has 0 unspecified atom stereocenters. The topological polar surface area (TPSA) is 24.1 Å². The number of nitrogens with one attached hydrogen (secondary N) is 2. The molecule has 0 radical (unpaired) electrons. The number of unbranched alkanes of at least 4 members (excludes halogenated alkanes) is 11. The van der Waals surface area contributed by atoms with Crippen molar-refractivity contribution in [3.8, 4) is 0 Å². The summed E-state index contributed by atoms with van der Waals surface area (Å²) >= 11 is 0. The lowest BCUT2D eigenvalue weighted by atomic mass is 10.1. The van der Waals surface area contributed by atoms with Crippen LogP contribution < -0.4 is 10.6 Å². The van der Waals surface area contributed by atoms with E-state index in [0.29, 0.717) is 0 Å². The Morgan fingerprint density at radius 1 is 0.565 bits per heavy atom. The number of rotatable bonds is 18. The van der Waals surface area contributed by atoms with Crippen LogP contribution in [0.5, 0.6) is 0 Å². The van der Waals surface area contributed by atoms with Crippen LogP contribution in [0.1, 0.15) is 111 Å². The van der Waals surface area contributed by atoms with E-state index in [0.717, 1.165) is 13.1 Å². The first-order valence-corrected chi connectivity index (χ1v) is 10.5. The lowest BCUT2D eigenvalue weighted by molar-refractivity contribution is 0.561. The van der Waals surface area contributed by atoms with Crippen LogP contribution >= 0.6 is 0 Å². The molecule has 0 aliphatic heterocycles. The van der Waals surface area contributed by atoms with Gasteiger partial charge in [-0.1, -0.05) is 91.4 Å². The predicted molar refractivity (Wildman–Crippen MR) is 106 cm³/mol. The van der Waals surface area contributed by atoms with E-state index in [9.17, 15) is 0 Å². The van der Waals surface area contributed by atoms with E-state index in [1.165, 1.54) is 95.7 Å². The fraction of sp³-hybridized carbons (Fsp3) is 0.905. The summed E-state index contributed by atoms with van der Waals surface area (Å²) in [5, 5.41) is 7.21. The molecule has 2 nitrogen and oxygen atoms in total. The van der Waals surface area contributed by atoms with Crippen molar-refractivity contribution in [2.75, 3.05) is 13.1 Å². The zero-order valence-corrected chi connectivity index (χ0v) is 16.4. The minimum atomic E-state index is 1.12. The van der Waals surface area contributed by atoms with E-state index >= 15 is 0 Å². The highest BCUT2D eigenvalue weighted by Gasteiger charge is 1.97. The van der Waals surface area contributed by atoms with Crippen molar-refractivity contribution in [1.29, 1.82) is 0 Å². The molecule has 0 atom stereocenters. The Morgan fingerprint density at radius 2 is 1.00 bits per heavy atom. The van der Waals surface area contributed by atoms with Gasteiger partial charge in [0, 0.05) is 13.1 Å². The van der Waals surface area contributed by atoms with Gasteiger partial charge in [-0.15, -0.1) is 0 Å². The molecule has 0 amide bonds. The quantitative estimate of drug-likeness (QED) is 0.280. The van der Waals surface area contributed by atoms with Gasteiger partial charge in [-0.25, -0.2) is 0 Å². The molecular weight excluding hydrogens is 280 g/mol. The molecule has 0 aromatic rings. The van der Waals surface area contributed by atoms with Crippen LogP contribution in [0.4, 0.5) is 0 Å². The Labute approximate surface area is 146 Å². The highest BCUT2D eigenvalue weighted by molar-refractivity contribution is 4.96. The Kier molecular flexibility index (Phi) is 18.8. The Balaban J connectivity index is 3.65. The molecule has 0 aromatic heterocycles. The Hall–Kier alpha value is -0.660. The molecule has 0 aliphatic carbocycles. The van der Waals surface area contributed by atoms with Gasteiger partial charge in [-0.2, -0.15) is 0 Å². The van der Waals surface area contributed by atoms with Crippen LogP contribution in [0.25, 0.3) is 0 Å². The van der Waals surface area contributed by atoms with Gasteiger partial charge in [0.15, 0.2) is 0 Å². The monoisotopic (exact) mass is 324 g/mol. The van der Waals surface area contributed by atoms with Crippen molar-refractivity contribution in [2.45, 2.75) is 111 Å². The van der Waals surface area contributed by atoms with Crippen molar-refractivity contribution in [3.05, 3.63) is 11.9 Å². The molecule has 0 bridgehead atoms. The van der Waals surface area contributed by atoms with E-state index < -0.39 is 0 Å². The average molecular weight is 325 g/mol. The first kappa shape index (κ1) is 22.3. The lowest BCUT2D eigenvalue weighted by Gasteiger charge is -2.14. The van der Waals surface area contributed by atoms with Gasteiger partial charge in [0.2, 0.25) is 0 Å². The first-order valence-electron chi connectivity index (χ1n) is 10.5. The van der Waals surface area contributed by atoms with Crippen molar-refractivity contribution >= 4 is 0 Å². The number of hydrogen-bond acceptors (Lipinski definition) is 2. The summed E-state index contributed by atoms with van der Waals surface area (Å²) < 4.78 is 0. The van der Waals surface area contributed by atoms with Crippen LogP contribution in [-0.4, -0.2) is 13.1 Å². The second-order valence-corrected chi connectivity index (χ2v) is 6.80. The average Bonchev–Trinajstić information content (AvgIpc) is 2.57. The molecule has 138 valence electrons. The number of hydrogen-bond donors (Lipinski definition) is 2. The van der Waals surface area contributed by atoms with E-state index in [-0.39, 0.29) is 0 Å². The van der Waals surface area contributed by atoms with Gasteiger partial charge < -0.3 is 10.6 Å². The summed E-state index contributed by atoms with van der Waals surface area (Å²) in [4.78, 5) is 0. The predicted octanol–water partition coefficient (Wildman–Crippen LogP) is 6.53. The maximum absolute atomic E-state index is 3.61. The fourth-order valence-electron chi connectivity index (χ4n) is 2.75. The van der Waals surface area contributed by atoms with Crippen molar-refractivity contribution in [3.63, 3.8) is 0 Å². The molecule has 0 saturated carbocycles.